The second-order valence-corrected chi connectivity index (χ2v) is 4.69. The predicted molar refractivity (Wildman–Crippen MR) is 68.5 cm³/mol. The fraction of sp³-hybridized carbons (Fsp3) is 0.500. The number of amides is 1. The Morgan fingerprint density at radius 2 is 2.28 bits per heavy atom. The number of β-amino-alcohol motifs (C(OH)–C–C–N with tert-alkyl or cyclic N) is 1. The standard InChI is InChI=1S/C14H19NO3/c1-11-5-2-3-7-13(11)18-10-14(17)15-8-4-6-12(16)9-15/h2-3,5,7,12,16H,4,6,8-10H2,1H3/t12-/m0/s1. The van der Waals surface area contributed by atoms with E-state index in [1.807, 2.05) is 31.2 Å². The van der Waals surface area contributed by atoms with Gasteiger partial charge in [0.2, 0.25) is 0 Å². The lowest BCUT2D eigenvalue weighted by atomic mass is 10.1. The van der Waals surface area contributed by atoms with E-state index >= 15 is 0 Å². The zero-order valence-corrected chi connectivity index (χ0v) is 10.6. The quantitative estimate of drug-likeness (QED) is 0.880. The normalized spacial score (nSPS) is 19.7. The van der Waals surface area contributed by atoms with Crippen molar-refractivity contribution in [3.8, 4) is 5.75 Å². The molecule has 1 aromatic carbocycles. The molecule has 0 bridgehead atoms. The van der Waals surface area contributed by atoms with E-state index < -0.39 is 0 Å². The van der Waals surface area contributed by atoms with Crippen LogP contribution in [0.4, 0.5) is 0 Å². The highest BCUT2D eigenvalue weighted by Gasteiger charge is 2.22. The van der Waals surface area contributed by atoms with E-state index in [-0.39, 0.29) is 18.6 Å². The lowest BCUT2D eigenvalue weighted by molar-refractivity contribution is -0.136. The van der Waals surface area contributed by atoms with Gasteiger partial charge in [-0.1, -0.05) is 18.2 Å². The molecule has 0 unspecified atom stereocenters. The van der Waals surface area contributed by atoms with Crippen molar-refractivity contribution < 1.29 is 14.6 Å². The maximum absolute atomic E-state index is 11.9. The summed E-state index contributed by atoms with van der Waals surface area (Å²) in [5.74, 6) is 0.681. The van der Waals surface area contributed by atoms with Crippen LogP contribution in [-0.4, -0.2) is 41.7 Å². The predicted octanol–water partition coefficient (Wildman–Crippen LogP) is 1.36. The Morgan fingerprint density at radius 1 is 1.50 bits per heavy atom. The van der Waals surface area contributed by atoms with Crippen LogP contribution in [0.15, 0.2) is 24.3 Å². The highest BCUT2D eigenvalue weighted by atomic mass is 16.5. The molecule has 1 fully saturated rings. The van der Waals surface area contributed by atoms with Crippen LogP contribution >= 0.6 is 0 Å². The number of likely N-dealkylation sites (tertiary alicyclic amines) is 1. The number of benzene rings is 1. The van der Waals surface area contributed by atoms with Gasteiger partial charge in [0.05, 0.1) is 6.10 Å². The molecule has 4 heteroatoms. The molecule has 0 aromatic heterocycles. The van der Waals surface area contributed by atoms with Gasteiger partial charge in [-0.15, -0.1) is 0 Å². The topological polar surface area (TPSA) is 49.8 Å². The van der Waals surface area contributed by atoms with Crippen molar-refractivity contribution in [2.75, 3.05) is 19.7 Å². The van der Waals surface area contributed by atoms with Crippen molar-refractivity contribution in [2.45, 2.75) is 25.9 Å². The summed E-state index contributed by atoms with van der Waals surface area (Å²) in [7, 11) is 0. The van der Waals surface area contributed by atoms with E-state index in [4.69, 9.17) is 4.74 Å². The smallest absolute Gasteiger partial charge is 0.260 e. The second kappa shape index (κ2) is 5.87. The third-order valence-corrected chi connectivity index (χ3v) is 3.19. The number of aliphatic hydroxyl groups is 1. The largest absolute Gasteiger partial charge is 0.484 e. The number of rotatable bonds is 3. The molecule has 98 valence electrons. The number of nitrogens with zero attached hydrogens (tertiary/aromatic N) is 1. The van der Waals surface area contributed by atoms with E-state index in [0.717, 1.165) is 24.2 Å². The molecule has 1 N–H and O–H groups in total. The summed E-state index contributed by atoms with van der Waals surface area (Å²) in [6.45, 7) is 3.13. The molecule has 0 spiro atoms. The number of hydrogen-bond donors (Lipinski definition) is 1. The Hall–Kier alpha value is -1.55. The minimum Gasteiger partial charge on any atom is -0.484 e. The molecule has 0 radical (unpaired) electrons. The van der Waals surface area contributed by atoms with Crippen LogP contribution < -0.4 is 4.74 Å². The van der Waals surface area contributed by atoms with Gasteiger partial charge < -0.3 is 14.7 Å². The number of aliphatic hydroxyl groups excluding tert-OH is 1. The van der Waals surface area contributed by atoms with Gasteiger partial charge in [0, 0.05) is 13.1 Å². The number of hydrogen-bond acceptors (Lipinski definition) is 3. The molecule has 0 saturated carbocycles. The summed E-state index contributed by atoms with van der Waals surface area (Å²) in [5.41, 5.74) is 1.02. The summed E-state index contributed by atoms with van der Waals surface area (Å²) in [6, 6.07) is 7.63. The molecule has 18 heavy (non-hydrogen) atoms. The Bertz CT molecular complexity index is 419. The van der Waals surface area contributed by atoms with Crippen LogP contribution in [0.2, 0.25) is 0 Å². The SMILES string of the molecule is Cc1ccccc1OCC(=O)N1CCC[C@H](O)C1. The molecular formula is C14H19NO3. The fourth-order valence-corrected chi connectivity index (χ4v) is 2.13. The zero-order valence-electron chi connectivity index (χ0n) is 10.6. The molecule has 1 aliphatic rings. The van der Waals surface area contributed by atoms with Crippen LogP contribution in [0.3, 0.4) is 0 Å². The maximum Gasteiger partial charge on any atom is 0.260 e. The summed E-state index contributed by atoms with van der Waals surface area (Å²) in [5, 5.41) is 9.52. The van der Waals surface area contributed by atoms with Crippen molar-refractivity contribution in [1.82, 2.24) is 4.90 Å². The van der Waals surface area contributed by atoms with Crippen LogP contribution in [0, 0.1) is 6.92 Å². The summed E-state index contributed by atoms with van der Waals surface area (Å²) >= 11 is 0. The minimum absolute atomic E-state index is 0.0393. The van der Waals surface area contributed by atoms with Crippen molar-refractivity contribution in [2.24, 2.45) is 0 Å². The number of para-hydroxylation sites is 1. The zero-order chi connectivity index (χ0) is 13.0. The van der Waals surface area contributed by atoms with E-state index in [9.17, 15) is 9.90 Å². The average molecular weight is 249 g/mol. The van der Waals surface area contributed by atoms with Gasteiger partial charge in [0.1, 0.15) is 5.75 Å². The van der Waals surface area contributed by atoms with Crippen LogP contribution in [0.5, 0.6) is 5.75 Å². The summed E-state index contributed by atoms with van der Waals surface area (Å²) < 4.78 is 5.51. The van der Waals surface area contributed by atoms with Gasteiger partial charge in [0.25, 0.3) is 5.91 Å². The summed E-state index contributed by atoms with van der Waals surface area (Å²) in [4.78, 5) is 13.6. The van der Waals surface area contributed by atoms with Gasteiger partial charge >= 0.3 is 0 Å². The molecule has 1 aromatic rings. The average Bonchev–Trinajstić information content (AvgIpc) is 2.37. The number of carbonyl (C=O) groups excluding carboxylic acids is 1. The molecule has 1 aliphatic heterocycles. The van der Waals surface area contributed by atoms with Crippen LogP contribution in [0.25, 0.3) is 0 Å². The molecule has 1 amide bonds. The first-order valence-electron chi connectivity index (χ1n) is 6.31. The Kier molecular flexibility index (Phi) is 4.20. The molecule has 1 atom stereocenters. The van der Waals surface area contributed by atoms with Crippen molar-refractivity contribution >= 4 is 5.91 Å². The van der Waals surface area contributed by atoms with Crippen LogP contribution in [0.1, 0.15) is 18.4 Å². The van der Waals surface area contributed by atoms with E-state index in [0.29, 0.717) is 13.1 Å². The van der Waals surface area contributed by atoms with Crippen molar-refractivity contribution in [1.29, 1.82) is 0 Å². The van der Waals surface area contributed by atoms with Crippen molar-refractivity contribution in [3.05, 3.63) is 29.8 Å². The summed E-state index contributed by atoms with van der Waals surface area (Å²) in [6.07, 6.45) is 1.25. The monoisotopic (exact) mass is 249 g/mol. The molecule has 2 rings (SSSR count). The van der Waals surface area contributed by atoms with Crippen LogP contribution in [-0.2, 0) is 4.79 Å². The van der Waals surface area contributed by atoms with Gasteiger partial charge in [-0.25, -0.2) is 0 Å². The Morgan fingerprint density at radius 3 is 3.00 bits per heavy atom. The Balaban J connectivity index is 1.86. The highest BCUT2D eigenvalue weighted by molar-refractivity contribution is 5.78. The second-order valence-electron chi connectivity index (χ2n) is 4.69. The number of ether oxygens (including phenoxy) is 1. The van der Waals surface area contributed by atoms with Gasteiger partial charge in [-0.3, -0.25) is 4.79 Å². The lowest BCUT2D eigenvalue weighted by Crippen LogP contribution is -2.44. The molecule has 0 aliphatic carbocycles. The molecular weight excluding hydrogens is 230 g/mol. The van der Waals surface area contributed by atoms with Gasteiger partial charge in [0.15, 0.2) is 6.61 Å². The first-order chi connectivity index (χ1) is 8.66. The third kappa shape index (κ3) is 3.23. The number of carbonyl (C=O) groups is 1. The number of aryl methyl sites for hydroxylation is 1. The van der Waals surface area contributed by atoms with Gasteiger partial charge in [-0.05, 0) is 31.4 Å². The minimum atomic E-state index is -0.388. The first kappa shape index (κ1) is 12.9. The van der Waals surface area contributed by atoms with Crippen molar-refractivity contribution in [3.63, 3.8) is 0 Å². The third-order valence-electron chi connectivity index (χ3n) is 3.19. The Labute approximate surface area is 107 Å². The number of piperidine rings is 1. The van der Waals surface area contributed by atoms with Gasteiger partial charge in [-0.2, -0.15) is 0 Å². The van der Waals surface area contributed by atoms with E-state index in [1.165, 1.54) is 0 Å². The molecule has 4 nitrogen and oxygen atoms in total. The molecule has 1 saturated heterocycles. The lowest BCUT2D eigenvalue weighted by Gasteiger charge is -2.30. The molecule has 1 heterocycles. The fourth-order valence-electron chi connectivity index (χ4n) is 2.13. The van der Waals surface area contributed by atoms with E-state index in [1.54, 1.807) is 4.90 Å². The maximum atomic E-state index is 11.9. The highest BCUT2D eigenvalue weighted by Crippen LogP contribution is 2.16. The van der Waals surface area contributed by atoms with E-state index in [2.05, 4.69) is 0 Å². The first-order valence-corrected chi connectivity index (χ1v) is 6.31.